The molecule has 1 N–H and O–H groups in total. The lowest BCUT2D eigenvalue weighted by atomic mass is 9.87. The molecule has 0 atom stereocenters. The molecule has 1 aliphatic rings. The van der Waals surface area contributed by atoms with Crippen molar-refractivity contribution in [3.05, 3.63) is 54.0 Å². The summed E-state index contributed by atoms with van der Waals surface area (Å²) in [6.45, 7) is 9.02. The van der Waals surface area contributed by atoms with Crippen LogP contribution >= 0.6 is 11.8 Å². The zero-order valence-electron chi connectivity index (χ0n) is 18.3. The molecule has 7 nitrogen and oxygen atoms in total. The number of anilines is 2. The molecule has 0 unspecified atom stereocenters. The number of carbonyl (C=O) groups excluding carboxylic acids is 1. The van der Waals surface area contributed by atoms with Crippen LogP contribution < -0.4 is 10.2 Å². The molecular weight excluding hydrogens is 410 g/mol. The van der Waals surface area contributed by atoms with Gasteiger partial charge in [0.2, 0.25) is 11.9 Å². The number of rotatable bonds is 7. The Morgan fingerprint density at radius 2 is 1.87 bits per heavy atom. The van der Waals surface area contributed by atoms with Gasteiger partial charge in [0.25, 0.3) is 0 Å². The summed E-state index contributed by atoms with van der Waals surface area (Å²) in [4.78, 5) is 14.8. The maximum Gasteiger partial charge on any atom is 0.234 e. The van der Waals surface area contributed by atoms with Crippen molar-refractivity contribution in [1.82, 2.24) is 14.8 Å². The Hall–Kier alpha value is -2.74. The van der Waals surface area contributed by atoms with Crippen molar-refractivity contribution >= 4 is 29.3 Å². The van der Waals surface area contributed by atoms with E-state index >= 15 is 0 Å². The molecule has 1 aliphatic heterocycles. The number of aromatic nitrogens is 3. The summed E-state index contributed by atoms with van der Waals surface area (Å²) in [6, 6.07) is 11.8. The Morgan fingerprint density at radius 3 is 2.52 bits per heavy atom. The molecule has 3 aromatic rings. The Kier molecular flexibility index (Phi) is 6.36. The lowest BCUT2D eigenvalue weighted by Crippen LogP contribution is -2.22. The molecule has 1 saturated heterocycles. The highest BCUT2D eigenvalue weighted by Crippen LogP contribution is 2.27. The Labute approximate surface area is 187 Å². The molecule has 0 radical (unpaired) electrons. The van der Waals surface area contributed by atoms with E-state index in [4.69, 9.17) is 4.42 Å². The van der Waals surface area contributed by atoms with E-state index in [-0.39, 0.29) is 17.1 Å². The first-order valence-corrected chi connectivity index (χ1v) is 11.6. The number of benzene rings is 1. The number of hydrogen-bond acceptors (Lipinski definition) is 6. The van der Waals surface area contributed by atoms with Crippen LogP contribution in [-0.4, -0.2) is 39.5 Å². The molecule has 1 aromatic carbocycles. The second-order valence-corrected chi connectivity index (χ2v) is 9.75. The van der Waals surface area contributed by atoms with Crippen LogP contribution in [0.3, 0.4) is 0 Å². The van der Waals surface area contributed by atoms with Crippen molar-refractivity contribution in [2.45, 2.75) is 50.7 Å². The molecular formula is C23H29N5O2S. The van der Waals surface area contributed by atoms with Crippen LogP contribution in [0.4, 0.5) is 11.6 Å². The number of amides is 1. The largest absolute Gasteiger partial charge is 0.467 e. The van der Waals surface area contributed by atoms with E-state index < -0.39 is 0 Å². The van der Waals surface area contributed by atoms with Crippen molar-refractivity contribution in [3.63, 3.8) is 0 Å². The van der Waals surface area contributed by atoms with Gasteiger partial charge in [-0.3, -0.25) is 9.36 Å². The molecule has 31 heavy (non-hydrogen) atoms. The van der Waals surface area contributed by atoms with Gasteiger partial charge in [0, 0.05) is 18.8 Å². The maximum atomic E-state index is 12.5. The van der Waals surface area contributed by atoms with Crippen molar-refractivity contribution in [3.8, 4) is 0 Å². The lowest BCUT2D eigenvalue weighted by molar-refractivity contribution is -0.113. The van der Waals surface area contributed by atoms with E-state index in [9.17, 15) is 4.79 Å². The second-order valence-electron chi connectivity index (χ2n) is 8.81. The number of hydrogen-bond donors (Lipinski definition) is 1. The van der Waals surface area contributed by atoms with E-state index in [0.29, 0.717) is 6.54 Å². The summed E-state index contributed by atoms with van der Waals surface area (Å²) in [5.41, 5.74) is 2.12. The van der Waals surface area contributed by atoms with Crippen molar-refractivity contribution in [2.24, 2.45) is 0 Å². The lowest BCUT2D eigenvalue weighted by Gasteiger charge is -2.19. The van der Waals surface area contributed by atoms with E-state index in [2.05, 4.69) is 53.3 Å². The zero-order chi connectivity index (χ0) is 21.8. The van der Waals surface area contributed by atoms with Gasteiger partial charge in [-0.15, -0.1) is 10.2 Å². The van der Waals surface area contributed by atoms with Gasteiger partial charge >= 0.3 is 0 Å². The average Bonchev–Trinajstić information content (AvgIpc) is 3.49. The molecule has 2 aromatic heterocycles. The van der Waals surface area contributed by atoms with E-state index in [1.54, 1.807) is 6.26 Å². The summed E-state index contributed by atoms with van der Waals surface area (Å²) in [6.07, 6.45) is 3.99. The number of furan rings is 1. The monoisotopic (exact) mass is 439 g/mol. The number of nitrogens with one attached hydrogen (secondary N) is 1. The first kappa shape index (κ1) is 21.5. The summed E-state index contributed by atoms with van der Waals surface area (Å²) in [7, 11) is 0. The summed E-state index contributed by atoms with van der Waals surface area (Å²) >= 11 is 1.39. The molecule has 0 saturated carbocycles. The predicted octanol–water partition coefficient (Wildman–Crippen LogP) is 4.55. The first-order valence-electron chi connectivity index (χ1n) is 10.6. The van der Waals surface area contributed by atoms with Crippen molar-refractivity contribution < 1.29 is 9.21 Å². The van der Waals surface area contributed by atoms with Crippen LogP contribution in [0.1, 0.15) is 44.9 Å². The highest BCUT2D eigenvalue weighted by Gasteiger charge is 2.22. The summed E-state index contributed by atoms with van der Waals surface area (Å²) in [5, 5.41) is 12.5. The topological polar surface area (TPSA) is 76.2 Å². The third-order valence-electron chi connectivity index (χ3n) is 5.35. The van der Waals surface area contributed by atoms with E-state index in [1.807, 2.05) is 28.8 Å². The van der Waals surface area contributed by atoms with E-state index in [0.717, 1.165) is 48.5 Å². The van der Waals surface area contributed by atoms with Crippen LogP contribution in [0.25, 0.3) is 0 Å². The van der Waals surface area contributed by atoms with Gasteiger partial charge in [-0.05, 0) is 48.1 Å². The van der Waals surface area contributed by atoms with Crippen LogP contribution in [0, 0.1) is 0 Å². The van der Waals surface area contributed by atoms with Crippen LogP contribution in [0.5, 0.6) is 0 Å². The molecule has 1 fully saturated rings. The minimum absolute atomic E-state index is 0.0659. The molecule has 0 aliphatic carbocycles. The standard InChI is InChI=1S/C23H29N5O2S/c1-23(2,3)17-8-10-18(11-9-17)24-20(29)16-31-22-26-25-21(27-12-4-5-13-27)28(22)15-19-7-6-14-30-19/h6-11,14H,4-5,12-13,15-16H2,1-3H3,(H,24,29). The fourth-order valence-electron chi connectivity index (χ4n) is 3.62. The second kappa shape index (κ2) is 9.18. The quantitative estimate of drug-likeness (QED) is 0.545. The highest BCUT2D eigenvalue weighted by atomic mass is 32.2. The molecule has 3 heterocycles. The average molecular weight is 440 g/mol. The van der Waals surface area contributed by atoms with Gasteiger partial charge in [-0.1, -0.05) is 44.7 Å². The molecule has 4 rings (SSSR count). The van der Waals surface area contributed by atoms with Crippen LogP contribution in [-0.2, 0) is 16.8 Å². The zero-order valence-corrected chi connectivity index (χ0v) is 19.1. The third kappa shape index (κ3) is 5.31. The Morgan fingerprint density at radius 1 is 1.13 bits per heavy atom. The van der Waals surface area contributed by atoms with Gasteiger partial charge in [0.15, 0.2) is 5.16 Å². The van der Waals surface area contributed by atoms with Crippen LogP contribution in [0.15, 0.2) is 52.2 Å². The van der Waals surface area contributed by atoms with Gasteiger partial charge in [-0.25, -0.2) is 0 Å². The minimum atomic E-state index is -0.0659. The SMILES string of the molecule is CC(C)(C)c1ccc(NC(=O)CSc2nnc(N3CCCC3)n2Cc2ccco2)cc1. The van der Waals surface area contributed by atoms with Crippen LogP contribution in [0.2, 0.25) is 0 Å². The fraction of sp³-hybridized carbons (Fsp3) is 0.435. The summed E-state index contributed by atoms with van der Waals surface area (Å²) < 4.78 is 7.58. The molecule has 8 heteroatoms. The normalized spacial score (nSPS) is 14.2. The molecule has 1 amide bonds. The molecule has 164 valence electrons. The third-order valence-corrected chi connectivity index (χ3v) is 6.31. The Bertz CT molecular complexity index is 1000. The van der Waals surface area contributed by atoms with Gasteiger partial charge < -0.3 is 14.6 Å². The highest BCUT2D eigenvalue weighted by molar-refractivity contribution is 7.99. The first-order chi connectivity index (χ1) is 14.9. The van der Waals surface area contributed by atoms with E-state index in [1.165, 1.54) is 17.3 Å². The minimum Gasteiger partial charge on any atom is -0.467 e. The maximum absolute atomic E-state index is 12.5. The molecule has 0 spiro atoms. The van der Waals surface area contributed by atoms with Crippen molar-refractivity contribution in [2.75, 3.05) is 29.1 Å². The van der Waals surface area contributed by atoms with Gasteiger partial charge in [-0.2, -0.15) is 0 Å². The van der Waals surface area contributed by atoms with Gasteiger partial charge in [0.1, 0.15) is 5.76 Å². The predicted molar refractivity (Wildman–Crippen MR) is 124 cm³/mol. The van der Waals surface area contributed by atoms with Gasteiger partial charge in [0.05, 0.1) is 18.6 Å². The number of nitrogens with zero attached hydrogens (tertiary/aromatic N) is 4. The van der Waals surface area contributed by atoms with Crippen molar-refractivity contribution in [1.29, 1.82) is 0 Å². The fourth-order valence-corrected chi connectivity index (χ4v) is 4.35. The number of thioether (sulfide) groups is 1. The number of carbonyl (C=O) groups is 1. The summed E-state index contributed by atoms with van der Waals surface area (Å²) in [5.74, 6) is 1.88. The smallest absolute Gasteiger partial charge is 0.234 e. The Balaban J connectivity index is 1.42. The molecule has 0 bridgehead atoms.